The Kier molecular flexibility index (Phi) is 7.85. The van der Waals surface area contributed by atoms with Gasteiger partial charge < -0.3 is 18.9 Å². The molecule has 1 aromatic heterocycles. The maximum Gasteiger partial charge on any atom is 0.254 e. The van der Waals surface area contributed by atoms with Crippen LogP contribution in [-0.4, -0.2) is 42.3 Å². The second kappa shape index (κ2) is 10.1. The van der Waals surface area contributed by atoms with Crippen LogP contribution >= 0.6 is 0 Å². The van der Waals surface area contributed by atoms with Crippen LogP contribution in [0.3, 0.4) is 0 Å². The Morgan fingerprint density at radius 2 is 1.85 bits per heavy atom. The largest absolute Gasteiger partial charge is 0.489 e. The molecule has 1 amide bonds. The molecule has 0 unspecified atom stereocenters. The first-order valence-corrected chi connectivity index (χ1v) is 9.46. The summed E-state index contributed by atoms with van der Waals surface area (Å²) in [6.07, 6.45) is 1.84. The van der Waals surface area contributed by atoms with Crippen LogP contribution in [0.2, 0.25) is 0 Å². The fourth-order valence-electron chi connectivity index (χ4n) is 3.09. The summed E-state index contributed by atoms with van der Waals surface area (Å²) in [7, 11) is 1.65. The minimum absolute atomic E-state index is 0.0259. The number of amides is 1. The van der Waals surface area contributed by atoms with E-state index in [0.29, 0.717) is 31.1 Å². The van der Waals surface area contributed by atoms with Crippen LogP contribution in [0.4, 0.5) is 0 Å². The molecule has 1 heterocycles. The fourth-order valence-corrected chi connectivity index (χ4v) is 3.09. The lowest BCUT2D eigenvalue weighted by Gasteiger charge is -2.30. The van der Waals surface area contributed by atoms with Gasteiger partial charge in [-0.05, 0) is 51.0 Å². The lowest BCUT2D eigenvalue weighted by atomic mass is 10.1. The van der Waals surface area contributed by atoms with Crippen molar-refractivity contribution in [3.8, 4) is 5.75 Å². The average molecular weight is 374 g/mol. The topological polar surface area (TPSA) is 64.8 Å². The van der Waals surface area contributed by atoms with Gasteiger partial charge in [0.25, 0.3) is 5.91 Å². The first kappa shape index (κ1) is 21.0. The highest BCUT2D eigenvalue weighted by Crippen LogP contribution is 2.20. The Hall–Kier alpha value is -2.34. The van der Waals surface area contributed by atoms with E-state index >= 15 is 0 Å². The van der Waals surface area contributed by atoms with Crippen LogP contribution in [0.25, 0.3) is 0 Å². The molecule has 0 fully saturated rings. The van der Waals surface area contributed by atoms with Crippen molar-refractivity contribution in [3.05, 3.63) is 46.8 Å². The molecule has 0 spiro atoms. The Bertz CT molecular complexity index is 701. The molecule has 6 heteroatoms. The highest BCUT2D eigenvalue weighted by Gasteiger charge is 2.22. The summed E-state index contributed by atoms with van der Waals surface area (Å²) in [4.78, 5) is 14.9. The molecule has 0 aliphatic rings. The summed E-state index contributed by atoms with van der Waals surface area (Å²) in [6, 6.07) is 7.49. The number of aromatic nitrogens is 1. The van der Waals surface area contributed by atoms with E-state index in [1.165, 1.54) is 0 Å². The summed E-state index contributed by atoms with van der Waals surface area (Å²) >= 11 is 0. The molecular formula is C21H30N2O4. The summed E-state index contributed by atoms with van der Waals surface area (Å²) in [5, 5.41) is 3.93. The van der Waals surface area contributed by atoms with Gasteiger partial charge in [-0.1, -0.05) is 19.0 Å². The van der Waals surface area contributed by atoms with E-state index in [1.54, 1.807) is 7.11 Å². The van der Waals surface area contributed by atoms with Crippen LogP contribution in [-0.2, 0) is 11.3 Å². The van der Waals surface area contributed by atoms with Crippen molar-refractivity contribution in [2.75, 3.05) is 20.3 Å². The number of rotatable bonds is 10. The van der Waals surface area contributed by atoms with Crippen LogP contribution in [0, 0.1) is 13.8 Å². The molecule has 0 saturated heterocycles. The molecule has 0 atom stereocenters. The predicted molar refractivity (Wildman–Crippen MR) is 104 cm³/mol. The highest BCUT2D eigenvalue weighted by molar-refractivity contribution is 5.94. The molecule has 148 valence electrons. The van der Waals surface area contributed by atoms with E-state index in [1.807, 2.05) is 43.0 Å². The van der Waals surface area contributed by atoms with Gasteiger partial charge in [0, 0.05) is 25.3 Å². The number of aryl methyl sites for hydroxylation is 2. The smallest absolute Gasteiger partial charge is 0.254 e. The van der Waals surface area contributed by atoms with Gasteiger partial charge in [-0.15, -0.1) is 0 Å². The Morgan fingerprint density at radius 1 is 1.19 bits per heavy atom. The molecule has 1 aromatic carbocycles. The molecule has 2 aromatic rings. The van der Waals surface area contributed by atoms with Crippen molar-refractivity contribution >= 4 is 5.91 Å². The lowest BCUT2D eigenvalue weighted by molar-refractivity contribution is 0.0589. The molecule has 0 bridgehead atoms. The van der Waals surface area contributed by atoms with Crippen molar-refractivity contribution in [3.63, 3.8) is 0 Å². The van der Waals surface area contributed by atoms with E-state index < -0.39 is 0 Å². The third-order valence-corrected chi connectivity index (χ3v) is 4.85. The number of hydrogen-bond acceptors (Lipinski definition) is 5. The maximum atomic E-state index is 13.0. The summed E-state index contributed by atoms with van der Waals surface area (Å²) in [6.45, 7) is 9.48. The van der Waals surface area contributed by atoms with Crippen LogP contribution in [0.1, 0.15) is 54.1 Å². The van der Waals surface area contributed by atoms with E-state index in [2.05, 4.69) is 19.0 Å². The van der Waals surface area contributed by atoms with Gasteiger partial charge in [0.15, 0.2) is 0 Å². The standard InChI is InChI=1S/C21H30N2O4/c1-6-18(7-2)23(12-13-25-5)21(24)17-8-10-19(11-9-17)26-14-20-15(3)22-27-16(20)4/h8-11,18H,6-7,12-14H2,1-5H3. The minimum Gasteiger partial charge on any atom is -0.489 e. The summed E-state index contributed by atoms with van der Waals surface area (Å²) in [5.74, 6) is 1.49. The lowest BCUT2D eigenvalue weighted by Crippen LogP contribution is -2.41. The molecule has 0 aliphatic heterocycles. The van der Waals surface area contributed by atoms with Gasteiger partial charge in [0.2, 0.25) is 0 Å². The SMILES string of the molecule is CCC(CC)N(CCOC)C(=O)c1ccc(OCc2c(C)noc2C)cc1. The van der Waals surface area contributed by atoms with Crippen molar-refractivity contribution in [2.24, 2.45) is 0 Å². The quantitative estimate of drug-likeness (QED) is 0.625. The molecule has 27 heavy (non-hydrogen) atoms. The Balaban J connectivity index is 2.06. The monoisotopic (exact) mass is 374 g/mol. The first-order valence-electron chi connectivity index (χ1n) is 9.46. The number of ether oxygens (including phenoxy) is 2. The van der Waals surface area contributed by atoms with E-state index in [-0.39, 0.29) is 11.9 Å². The Morgan fingerprint density at radius 3 is 2.37 bits per heavy atom. The number of benzene rings is 1. The third-order valence-electron chi connectivity index (χ3n) is 4.85. The molecule has 6 nitrogen and oxygen atoms in total. The van der Waals surface area contributed by atoms with Crippen molar-refractivity contribution in [1.29, 1.82) is 0 Å². The van der Waals surface area contributed by atoms with E-state index in [4.69, 9.17) is 14.0 Å². The number of nitrogens with zero attached hydrogens (tertiary/aromatic N) is 2. The number of carbonyl (C=O) groups is 1. The zero-order valence-electron chi connectivity index (χ0n) is 16.9. The summed E-state index contributed by atoms with van der Waals surface area (Å²) < 4.78 is 16.1. The number of methoxy groups -OCH3 is 1. The van der Waals surface area contributed by atoms with Gasteiger partial charge in [-0.2, -0.15) is 0 Å². The van der Waals surface area contributed by atoms with Crippen LogP contribution < -0.4 is 4.74 Å². The predicted octanol–water partition coefficient (Wildman–Crippen LogP) is 4.15. The number of carbonyl (C=O) groups excluding carboxylic acids is 1. The zero-order valence-corrected chi connectivity index (χ0v) is 16.9. The van der Waals surface area contributed by atoms with Gasteiger partial charge in [0.1, 0.15) is 18.1 Å². The van der Waals surface area contributed by atoms with Crippen molar-refractivity contribution < 1.29 is 18.8 Å². The molecular weight excluding hydrogens is 344 g/mol. The second-order valence-corrected chi connectivity index (χ2v) is 6.58. The second-order valence-electron chi connectivity index (χ2n) is 6.58. The van der Waals surface area contributed by atoms with E-state index in [0.717, 1.165) is 29.9 Å². The van der Waals surface area contributed by atoms with Gasteiger partial charge in [-0.25, -0.2) is 0 Å². The van der Waals surface area contributed by atoms with Crippen LogP contribution in [0.5, 0.6) is 5.75 Å². The van der Waals surface area contributed by atoms with Crippen molar-refractivity contribution in [1.82, 2.24) is 10.1 Å². The molecule has 0 N–H and O–H groups in total. The van der Waals surface area contributed by atoms with Crippen LogP contribution in [0.15, 0.2) is 28.8 Å². The summed E-state index contributed by atoms with van der Waals surface area (Å²) in [5.41, 5.74) is 2.44. The normalized spacial score (nSPS) is 11.0. The molecule has 0 radical (unpaired) electrons. The zero-order chi connectivity index (χ0) is 19.8. The third kappa shape index (κ3) is 5.32. The van der Waals surface area contributed by atoms with Gasteiger partial charge in [-0.3, -0.25) is 4.79 Å². The first-order chi connectivity index (χ1) is 13.0. The Labute approximate surface area is 161 Å². The number of hydrogen-bond donors (Lipinski definition) is 0. The molecule has 0 aliphatic carbocycles. The van der Waals surface area contributed by atoms with Gasteiger partial charge >= 0.3 is 0 Å². The van der Waals surface area contributed by atoms with Gasteiger partial charge in [0.05, 0.1) is 17.9 Å². The van der Waals surface area contributed by atoms with E-state index in [9.17, 15) is 4.79 Å². The molecule has 2 rings (SSSR count). The maximum absolute atomic E-state index is 13.0. The minimum atomic E-state index is 0.0259. The highest BCUT2D eigenvalue weighted by atomic mass is 16.5. The fraction of sp³-hybridized carbons (Fsp3) is 0.524. The average Bonchev–Trinajstić information content (AvgIpc) is 3.01. The molecule has 0 saturated carbocycles. The van der Waals surface area contributed by atoms with Crippen molar-refractivity contribution in [2.45, 2.75) is 53.2 Å².